The summed E-state index contributed by atoms with van der Waals surface area (Å²) in [5, 5.41) is 0. The number of hydrogen-bond donors (Lipinski definition) is 0. The molecule has 0 spiro atoms. The molecule has 0 saturated carbocycles. The molecule has 0 radical (unpaired) electrons. The highest BCUT2D eigenvalue weighted by Gasteiger charge is 2.14. The fraction of sp³-hybridized carbons (Fsp3) is 0.0667. The highest BCUT2D eigenvalue weighted by Crippen LogP contribution is 2.28. The molecule has 0 amide bonds. The molecule has 0 unspecified atom stereocenters. The summed E-state index contributed by atoms with van der Waals surface area (Å²) in [6.07, 6.45) is 3.66. The summed E-state index contributed by atoms with van der Waals surface area (Å²) >= 11 is 0. The minimum atomic E-state index is -0.0439. The van der Waals surface area contributed by atoms with Gasteiger partial charge in [-0.3, -0.25) is 4.79 Å². The average molecular weight is 445 g/mol. The third-order valence-electron chi connectivity index (χ3n) is 5.90. The number of carbonyl (C=O) groups is 1. The quantitative estimate of drug-likeness (QED) is 0.272. The fourth-order valence-corrected chi connectivity index (χ4v) is 4.05. The van der Waals surface area contributed by atoms with E-state index in [9.17, 15) is 4.79 Å². The Labute approximate surface area is 199 Å². The Morgan fingerprint density at radius 2 is 1.29 bits per heavy atom. The molecule has 5 aromatic rings. The van der Waals surface area contributed by atoms with Gasteiger partial charge in [-0.15, -0.1) is 0 Å². The number of aromatic nitrogens is 2. The molecule has 0 N–H and O–H groups in total. The van der Waals surface area contributed by atoms with Crippen LogP contribution in [-0.2, 0) is 0 Å². The molecule has 1 heterocycles. The second-order valence-electron chi connectivity index (χ2n) is 8.16. The van der Waals surface area contributed by atoms with Gasteiger partial charge in [0.15, 0.2) is 5.78 Å². The van der Waals surface area contributed by atoms with Gasteiger partial charge < -0.3 is 9.30 Å². The van der Waals surface area contributed by atoms with Crippen molar-refractivity contribution in [3.63, 3.8) is 0 Å². The van der Waals surface area contributed by atoms with E-state index in [1.165, 1.54) is 11.1 Å². The third-order valence-corrected chi connectivity index (χ3v) is 5.90. The first-order chi connectivity index (χ1) is 16.6. The van der Waals surface area contributed by atoms with Gasteiger partial charge in [-0.2, -0.15) is 0 Å². The van der Waals surface area contributed by atoms with E-state index in [-0.39, 0.29) is 5.78 Å². The van der Waals surface area contributed by atoms with Crippen molar-refractivity contribution in [1.29, 1.82) is 0 Å². The van der Waals surface area contributed by atoms with Crippen LogP contribution in [0.25, 0.3) is 27.9 Å². The molecule has 34 heavy (non-hydrogen) atoms. The summed E-state index contributed by atoms with van der Waals surface area (Å²) in [5.41, 5.74) is 7.53. The van der Waals surface area contributed by atoms with E-state index in [1.807, 2.05) is 72.3 Å². The number of ether oxygens (including phenoxy) is 1. The number of rotatable bonds is 6. The molecule has 0 aliphatic rings. The normalized spacial score (nSPS) is 10.8. The zero-order valence-electron chi connectivity index (χ0n) is 19.1. The smallest absolute Gasteiger partial charge is 0.193 e. The van der Waals surface area contributed by atoms with Gasteiger partial charge in [0.1, 0.15) is 5.75 Å². The lowest BCUT2D eigenvalue weighted by atomic mass is 9.97. The molecule has 0 fully saturated rings. The maximum Gasteiger partial charge on any atom is 0.193 e. The van der Waals surface area contributed by atoms with Gasteiger partial charge >= 0.3 is 0 Å². The van der Waals surface area contributed by atoms with Gasteiger partial charge in [0, 0.05) is 17.3 Å². The van der Waals surface area contributed by atoms with Gasteiger partial charge in [0.2, 0.25) is 0 Å². The number of benzene rings is 4. The maximum atomic E-state index is 13.1. The number of imidazole rings is 1. The second-order valence-corrected chi connectivity index (χ2v) is 8.16. The molecule has 5 rings (SSSR count). The molecular formula is C30H24N2O2. The monoisotopic (exact) mass is 444 g/mol. The molecule has 0 aliphatic carbocycles. The van der Waals surface area contributed by atoms with Crippen molar-refractivity contribution >= 4 is 5.78 Å². The molecule has 0 bridgehead atoms. The summed E-state index contributed by atoms with van der Waals surface area (Å²) in [4.78, 5) is 17.4. The highest BCUT2D eigenvalue weighted by molar-refractivity contribution is 6.09. The lowest BCUT2D eigenvalue weighted by molar-refractivity contribution is 0.103. The molecule has 4 heteroatoms. The van der Waals surface area contributed by atoms with E-state index in [4.69, 9.17) is 4.74 Å². The average Bonchev–Trinajstić information content (AvgIpc) is 3.34. The van der Waals surface area contributed by atoms with Crippen molar-refractivity contribution < 1.29 is 9.53 Å². The summed E-state index contributed by atoms with van der Waals surface area (Å²) in [7, 11) is 1.61. The first-order valence-electron chi connectivity index (χ1n) is 11.1. The lowest BCUT2D eigenvalue weighted by Crippen LogP contribution is -2.03. The van der Waals surface area contributed by atoms with E-state index in [0.717, 1.165) is 22.5 Å². The van der Waals surface area contributed by atoms with Crippen molar-refractivity contribution in [2.45, 2.75) is 6.92 Å². The SMILES string of the molecule is COc1cc(C(=O)c2ccc(-c3ccc(-c4ccccc4)cc3)cc2)ccc1-n1cnc(C)c1. The number of aryl methyl sites for hydroxylation is 1. The molecule has 166 valence electrons. The largest absolute Gasteiger partial charge is 0.495 e. The highest BCUT2D eigenvalue weighted by atomic mass is 16.5. The number of hydrogen-bond acceptors (Lipinski definition) is 3. The molecule has 0 saturated heterocycles. The number of ketones is 1. The Morgan fingerprint density at radius 3 is 1.85 bits per heavy atom. The predicted molar refractivity (Wildman–Crippen MR) is 136 cm³/mol. The molecule has 4 aromatic carbocycles. The van der Waals surface area contributed by atoms with Crippen LogP contribution < -0.4 is 4.74 Å². The van der Waals surface area contributed by atoms with Crippen LogP contribution in [-0.4, -0.2) is 22.4 Å². The van der Waals surface area contributed by atoms with Crippen molar-refractivity contribution in [2.24, 2.45) is 0 Å². The van der Waals surface area contributed by atoms with E-state index < -0.39 is 0 Å². The third kappa shape index (κ3) is 4.26. The number of carbonyl (C=O) groups excluding carboxylic acids is 1. The van der Waals surface area contributed by atoms with Crippen molar-refractivity contribution in [1.82, 2.24) is 9.55 Å². The van der Waals surface area contributed by atoms with Gasteiger partial charge in [-0.25, -0.2) is 4.98 Å². The summed E-state index contributed by atoms with van der Waals surface area (Å²) in [6.45, 7) is 1.93. The van der Waals surface area contributed by atoms with E-state index in [2.05, 4.69) is 41.4 Å². The zero-order chi connectivity index (χ0) is 23.5. The topological polar surface area (TPSA) is 44.1 Å². The zero-order valence-corrected chi connectivity index (χ0v) is 19.1. The van der Waals surface area contributed by atoms with E-state index in [1.54, 1.807) is 19.5 Å². The fourth-order valence-electron chi connectivity index (χ4n) is 4.05. The van der Waals surface area contributed by atoms with Crippen LogP contribution in [0, 0.1) is 6.92 Å². The van der Waals surface area contributed by atoms with Crippen LogP contribution in [0.4, 0.5) is 0 Å². The van der Waals surface area contributed by atoms with Crippen molar-refractivity contribution in [3.8, 4) is 33.7 Å². The number of methoxy groups -OCH3 is 1. The van der Waals surface area contributed by atoms with Crippen molar-refractivity contribution in [2.75, 3.05) is 7.11 Å². The Hall–Kier alpha value is -4.44. The Bertz CT molecular complexity index is 1430. The summed E-state index contributed by atoms with van der Waals surface area (Å²) < 4.78 is 7.44. The summed E-state index contributed by atoms with van der Waals surface area (Å²) in [5.74, 6) is 0.580. The van der Waals surface area contributed by atoms with Crippen molar-refractivity contribution in [3.05, 3.63) is 126 Å². The summed E-state index contributed by atoms with van der Waals surface area (Å²) in [6, 6.07) is 32.0. The van der Waals surface area contributed by atoms with Gasteiger partial charge in [0.05, 0.1) is 24.8 Å². The van der Waals surface area contributed by atoms with Crippen LogP contribution >= 0.6 is 0 Å². The maximum absolute atomic E-state index is 13.1. The molecule has 1 aromatic heterocycles. The van der Waals surface area contributed by atoms with Crippen LogP contribution in [0.1, 0.15) is 21.6 Å². The molecule has 0 atom stereocenters. The second kappa shape index (κ2) is 9.20. The van der Waals surface area contributed by atoms with Gasteiger partial charge in [-0.1, -0.05) is 78.9 Å². The number of nitrogens with zero attached hydrogens (tertiary/aromatic N) is 2. The standard InChI is InChI=1S/C30H24N2O2/c1-21-19-32(20-31-21)28-17-16-27(18-29(28)34-2)30(33)26-14-12-25(13-15-26)24-10-8-23(9-11-24)22-6-4-3-5-7-22/h3-20H,1-2H3. The van der Waals surface area contributed by atoms with Crippen LogP contribution in [0.15, 0.2) is 110 Å². The van der Waals surface area contributed by atoms with Gasteiger partial charge in [-0.05, 0) is 47.4 Å². The van der Waals surface area contributed by atoms with E-state index >= 15 is 0 Å². The predicted octanol–water partition coefficient (Wildman–Crippen LogP) is 6.75. The van der Waals surface area contributed by atoms with Gasteiger partial charge in [0.25, 0.3) is 0 Å². The minimum absolute atomic E-state index is 0.0439. The molecule has 4 nitrogen and oxygen atoms in total. The first kappa shape index (κ1) is 21.4. The van der Waals surface area contributed by atoms with E-state index in [0.29, 0.717) is 16.9 Å². The van der Waals surface area contributed by atoms with Crippen LogP contribution in [0.5, 0.6) is 5.75 Å². The molecular weight excluding hydrogens is 420 g/mol. The first-order valence-corrected chi connectivity index (χ1v) is 11.1. The van der Waals surface area contributed by atoms with Crippen LogP contribution in [0.2, 0.25) is 0 Å². The van der Waals surface area contributed by atoms with Crippen LogP contribution in [0.3, 0.4) is 0 Å². The minimum Gasteiger partial charge on any atom is -0.495 e. The Balaban J connectivity index is 1.36. The Morgan fingerprint density at radius 1 is 0.735 bits per heavy atom. The molecule has 0 aliphatic heterocycles. The Kier molecular flexibility index (Phi) is 5.79. The lowest BCUT2D eigenvalue weighted by Gasteiger charge is -2.11.